The molecule has 0 heterocycles. The van der Waals surface area contributed by atoms with Crippen molar-refractivity contribution >= 4 is 0 Å². The maximum atomic E-state index is 0. The second-order valence-corrected chi connectivity index (χ2v) is 0. The number of hydrogen-bond donors (Lipinski definition) is 0. The van der Waals surface area contributed by atoms with Gasteiger partial charge < -0.3 is 11.0 Å². The molecule has 0 aliphatic rings. The molecule has 4 heteroatoms. The smallest absolute Gasteiger partial charge is 0.870 e. The third-order valence-corrected chi connectivity index (χ3v) is 0. The molecule has 0 saturated heterocycles. The van der Waals surface area contributed by atoms with Crippen molar-refractivity contribution in [1.82, 2.24) is 0 Å². The molecular formula is H2HgO2Zn. The van der Waals surface area contributed by atoms with E-state index < -0.39 is 0 Å². The van der Waals surface area contributed by atoms with Crippen molar-refractivity contribution in [2.24, 2.45) is 0 Å². The van der Waals surface area contributed by atoms with E-state index in [4.69, 9.17) is 0 Å². The molecule has 4 heavy (non-hydrogen) atoms. The summed E-state index contributed by atoms with van der Waals surface area (Å²) in [5.74, 6) is 0. The van der Waals surface area contributed by atoms with Crippen LogP contribution < -0.4 is 0 Å². The summed E-state index contributed by atoms with van der Waals surface area (Å²) in [4.78, 5) is 0. The molecule has 0 aliphatic carbocycles. The summed E-state index contributed by atoms with van der Waals surface area (Å²) in [6.07, 6.45) is 0. The van der Waals surface area contributed by atoms with Gasteiger partial charge in [-0.1, -0.05) is 0 Å². The molecule has 0 aromatic heterocycles. The Morgan fingerprint density at radius 2 is 0.750 bits per heavy atom. The van der Waals surface area contributed by atoms with Crippen LogP contribution in [-0.4, -0.2) is 11.0 Å². The Morgan fingerprint density at radius 3 is 0.750 bits per heavy atom. The van der Waals surface area contributed by atoms with Crippen molar-refractivity contribution in [2.75, 3.05) is 0 Å². The quantitative estimate of drug-likeness (QED) is 0.574. The van der Waals surface area contributed by atoms with Crippen LogP contribution in [0.25, 0.3) is 0 Å². The second kappa shape index (κ2) is 24.8. The summed E-state index contributed by atoms with van der Waals surface area (Å²) < 4.78 is 0. The van der Waals surface area contributed by atoms with Crippen molar-refractivity contribution in [1.29, 1.82) is 0 Å². The maximum absolute atomic E-state index is 0. The average Bonchev–Trinajstić information content (AvgIpc) is 0. The molecule has 2 N–H and O–H groups in total. The molecule has 0 bridgehead atoms. The van der Waals surface area contributed by atoms with Gasteiger partial charge in [0.2, 0.25) is 0 Å². The fraction of sp³-hybridized carbons (Fsp3) is 0. The Kier molecular flexibility index (Phi) is 312. The van der Waals surface area contributed by atoms with Gasteiger partial charge in [0.25, 0.3) is 0 Å². The minimum absolute atomic E-state index is 0. The monoisotopic (exact) mass is 300 g/mol. The Morgan fingerprint density at radius 1 is 0.750 bits per heavy atom. The van der Waals surface area contributed by atoms with Gasteiger partial charge in [-0.25, -0.2) is 0 Å². The third-order valence-electron chi connectivity index (χ3n) is 0. The molecule has 0 rings (SSSR count). The fourth-order valence-electron chi connectivity index (χ4n) is 0. The summed E-state index contributed by atoms with van der Waals surface area (Å²) in [5.41, 5.74) is 0. The minimum atomic E-state index is 0. The fourth-order valence-corrected chi connectivity index (χ4v) is 0. The number of hydrogen-bond acceptors (Lipinski definition) is 2. The van der Waals surface area contributed by atoms with Crippen LogP contribution in [0, 0.1) is 0 Å². The van der Waals surface area contributed by atoms with Crippen molar-refractivity contribution < 1.29 is 58.1 Å². The average molecular weight is 300 g/mol. The Labute approximate surface area is 57.8 Å². The van der Waals surface area contributed by atoms with Crippen LogP contribution >= 0.6 is 0 Å². The van der Waals surface area contributed by atoms with E-state index in [-0.39, 0.29) is 58.1 Å². The van der Waals surface area contributed by atoms with Gasteiger partial charge in [0.15, 0.2) is 0 Å². The molecule has 0 aliphatic heterocycles. The molecule has 0 unspecified atom stereocenters. The third kappa shape index (κ3) is 9.78. The van der Waals surface area contributed by atoms with Gasteiger partial charge in [0, 0.05) is 27.7 Å². The van der Waals surface area contributed by atoms with E-state index in [0.29, 0.717) is 0 Å². The van der Waals surface area contributed by atoms with Crippen molar-refractivity contribution in [2.45, 2.75) is 0 Å². The van der Waals surface area contributed by atoms with Crippen molar-refractivity contribution in [3.63, 3.8) is 0 Å². The molecule has 0 fully saturated rings. The summed E-state index contributed by atoms with van der Waals surface area (Å²) in [5, 5.41) is 0. The van der Waals surface area contributed by atoms with Gasteiger partial charge in [-0.15, -0.1) is 0 Å². The topological polar surface area (TPSA) is 60.0 Å². The van der Waals surface area contributed by atoms with E-state index in [2.05, 4.69) is 0 Å². The second-order valence-electron chi connectivity index (χ2n) is 0. The van der Waals surface area contributed by atoms with Crippen molar-refractivity contribution in [3.05, 3.63) is 0 Å². The van der Waals surface area contributed by atoms with Crippen LogP contribution in [0.4, 0.5) is 0 Å². The van der Waals surface area contributed by atoms with Crippen LogP contribution in [0.2, 0.25) is 0 Å². The first-order valence-electron chi connectivity index (χ1n) is 0. The van der Waals surface area contributed by atoms with Crippen LogP contribution in [0.3, 0.4) is 0 Å². The standard InChI is InChI=1S/Hg.2H2O.Zn/h;2*1H2;/q;;;+2/p-2. The van der Waals surface area contributed by atoms with E-state index in [1.165, 1.54) is 0 Å². The molecule has 0 radical (unpaired) electrons. The van der Waals surface area contributed by atoms with E-state index in [9.17, 15) is 0 Å². The zero-order chi connectivity index (χ0) is 0. The normalized spacial score (nSPS) is 0. The van der Waals surface area contributed by atoms with Gasteiger partial charge in [-0.05, 0) is 0 Å². The summed E-state index contributed by atoms with van der Waals surface area (Å²) in [6.45, 7) is 0. The van der Waals surface area contributed by atoms with E-state index >= 15 is 0 Å². The van der Waals surface area contributed by atoms with E-state index in [1.807, 2.05) is 0 Å². The maximum Gasteiger partial charge on any atom is 2.00 e. The molecule has 0 atom stereocenters. The van der Waals surface area contributed by atoms with Gasteiger partial charge >= 0.3 is 19.5 Å². The Hall–Kier alpha value is 1.48. The predicted molar refractivity (Wildman–Crippen MR) is 3.87 cm³/mol. The molecule has 0 spiro atoms. The Balaban J connectivity index is 0. The van der Waals surface area contributed by atoms with Crippen LogP contribution in [0.1, 0.15) is 0 Å². The minimum Gasteiger partial charge on any atom is -0.870 e. The largest absolute Gasteiger partial charge is 2.00 e. The van der Waals surface area contributed by atoms with Crippen LogP contribution in [0.15, 0.2) is 0 Å². The van der Waals surface area contributed by atoms with Gasteiger partial charge in [0.1, 0.15) is 0 Å². The predicted octanol–water partition coefficient (Wildman–Crippen LogP) is -0.359. The first kappa shape index (κ1) is 50.3. The van der Waals surface area contributed by atoms with Gasteiger partial charge in [-0.2, -0.15) is 0 Å². The first-order valence-corrected chi connectivity index (χ1v) is 0. The van der Waals surface area contributed by atoms with E-state index in [1.54, 1.807) is 0 Å². The zero-order valence-electron chi connectivity index (χ0n) is 2.31. The summed E-state index contributed by atoms with van der Waals surface area (Å²) in [6, 6.07) is 0. The molecule has 18 valence electrons. The molecule has 0 aromatic carbocycles. The Bertz CT molecular complexity index is 6.00. The first-order chi connectivity index (χ1) is 0. The molecule has 0 aromatic rings. The van der Waals surface area contributed by atoms with Gasteiger partial charge in [-0.3, -0.25) is 0 Å². The van der Waals surface area contributed by atoms with E-state index in [0.717, 1.165) is 0 Å². The van der Waals surface area contributed by atoms with Crippen molar-refractivity contribution in [3.8, 4) is 0 Å². The molecule has 2 nitrogen and oxygen atoms in total. The molecular weight excluding hydrogens is 298 g/mol. The SMILES string of the molecule is [Hg].[OH-].[OH-].[Zn+2]. The van der Waals surface area contributed by atoms with Crippen LogP contribution in [0.5, 0.6) is 0 Å². The molecule has 0 saturated carbocycles. The molecule has 0 amide bonds. The summed E-state index contributed by atoms with van der Waals surface area (Å²) >= 11 is 0. The zero-order valence-corrected chi connectivity index (χ0v) is 10.8. The number of rotatable bonds is 0. The van der Waals surface area contributed by atoms with Gasteiger partial charge in [0.05, 0.1) is 0 Å². The summed E-state index contributed by atoms with van der Waals surface area (Å²) in [7, 11) is 0. The van der Waals surface area contributed by atoms with Crippen LogP contribution in [-0.2, 0) is 47.1 Å².